The zero-order valence-electron chi connectivity index (χ0n) is 6.53. The molecule has 1 aromatic carbocycles. The molecule has 0 radical (unpaired) electrons. The molecule has 0 saturated heterocycles. The summed E-state index contributed by atoms with van der Waals surface area (Å²) in [5.74, 6) is -2.97. The molecule has 0 heterocycles. The Balaban J connectivity index is 3.26. The predicted molar refractivity (Wildman–Crippen MR) is 46.5 cm³/mol. The number of ketones is 1. The molecule has 1 rings (SSSR count). The fourth-order valence-electron chi connectivity index (χ4n) is 0.856. The quantitative estimate of drug-likeness (QED) is 0.573. The van der Waals surface area contributed by atoms with Crippen molar-refractivity contribution in [1.29, 1.82) is 0 Å². The van der Waals surface area contributed by atoms with Crippen LogP contribution in [0.1, 0.15) is 10.4 Å². The lowest BCUT2D eigenvalue weighted by atomic mass is 10.1. The Morgan fingerprint density at radius 3 is 2.36 bits per heavy atom. The first kappa shape index (κ1) is 11.3. The van der Waals surface area contributed by atoms with E-state index in [0.29, 0.717) is 0 Å². The predicted octanol–water partition coefficient (Wildman–Crippen LogP) is 3.49. The Morgan fingerprint density at radius 1 is 1.36 bits per heavy atom. The first-order valence-electron chi connectivity index (χ1n) is 3.39. The van der Waals surface area contributed by atoms with Gasteiger partial charge in [0.05, 0.1) is 10.6 Å². The zero-order valence-corrected chi connectivity index (χ0v) is 8.04. The topological polar surface area (TPSA) is 17.1 Å². The van der Waals surface area contributed by atoms with E-state index in [0.717, 1.165) is 12.1 Å². The molecule has 14 heavy (non-hydrogen) atoms. The highest BCUT2D eigenvalue weighted by Crippen LogP contribution is 2.29. The van der Waals surface area contributed by atoms with Crippen LogP contribution in [0.2, 0.25) is 5.02 Å². The van der Waals surface area contributed by atoms with E-state index >= 15 is 0 Å². The number of carbonyl (C=O) groups is 1. The first-order valence-corrected chi connectivity index (χ1v) is 4.15. The van der Waals surface area contributed by atoms with Crippen LogP contribution in [-0.4, -0.2) is 11.2 Å². The number of Topliss-reactive ketones (excluding diaryl/α,β-unsaturated/α-hetero) is 1. The van der Waals surface area contributed by atoms with Crippen LogP contribution < -0.4 is 0 Å². The number of halogens is 5. The normalized spacial score (nSPS) is 11.5. The summed E-state index contributed by atoms with van der Waals surface area (Å²) in [6.07, 6.45) is 0. The number of hydrogen-bond donors (Lipinski definition) is 0. The molecule has 0 atom stereocenters. The first-order chi connectivity index (χ1) is 6.34. The minimum Gasteiger partial charge on any atom is -0.286 e. The van der Waals surface area contributed by atoms with E-state index < -0.39 is 27.6 Å². The van der Waals surface area contributed by atoms with E-state index in [9.17, 15) is 18.0 Å². The molecule has 76 valence electrons. The highest BCUT2D eigenvalue weighted by molar-refractivity contribution is 6.39. The Hall–Kier alpha value is -0.740. The molecule has 0 fully saturated rings. The zero-order chi connectivity index (χ0) is 10.9. The molecule has 1 aromatic rings. The van der Waals surface area contributed by atoms with Crippen LogP contribution in [0.15, 0.2) is 18.2 Å². The van der Waals surface area contributed by atoms with Gasteiger partial charge in [-0.1, -0.05) is 17.7 Å². The summed E-state index contributed by atoms with van der Waals surface area (Å²) in [6, 6.07) is 3.17. The highest BCUT2D eigenvalue weighted by atomic mass is 35.5. The van der Waals surface area contributed by atoms with Crippen molar-refractivity contribution in [2.75, 3.05) is 0 Å². The van der Waals surface area contributed by atoms with Gasteiger partial charge >= 0.3 is 5.38 Å². The molecule has 0 saturated carbocycles. The van der Waals surface area contributed by atoms with E-state index in [2.05, 4.69) is 11.6 Å². The highest BCUT2D eigenvalue weighted by Gasteiger charge is 2.39. The van der Waals surface area contributed by atoms with E-state index in [1.807, 2.05) is 0 Å². The van der Waals surface area contributed by atoms with Crippen LogP contribution in [0.4, 0.5) is 13.2 Å². The van der Waals surface area contributed by atoms with E-state index in [-0.39, 0.29) is 0 Å². The summed E-state index contributed by atoms with van der Waals surface area (Å²) >= 11 is 9.83. The molecule has 0 spiro atoms. The van der Waals surface area contributed by atoms with Crippen molar-refractivity contribution in [3.05, 3.63) is 34.6 Å². The lowest BCUT2D eigenvalue weighted by Crippen LogP contribution is -2.23. The molecular formula is C8H3Cl2F3O. The summed E-state index contributed by atoms with van der Waals surface area (Å²) in [5.41, 5.74) is -0.894. The lowest BCUT2D eigenvalue weighted by molar-refractivity contribution is 0.0531. The second-order valence-electron chi connectivity index (χ2n) is 2.42. The molecule has 0 aliphatic rings. The van der Waals surface area contributed by atoms with Gasteiger partial charge in [0.1, 0.15) is 5.82 Å². The van der Waals surface area contributed by atoms with Gasteiger partial charge in [-0.3, -0.25) is 4.79 Å². The van der Waals surface area contributed by atoms with E-state index in [4.69, 9.17) is 11.6 Å². The maximum atomic E-state index is 12.9. The summed E-state index contributed by atoms with van der Waals surface area (Å²) < 4.78 is 37.6. The minimum absolute atomic E-state index is 0.393. The lowest BCUT2D eigenvalue weighted by Gasteiger charge is -2.08. The van der Waals surface area contributed by atoms with Gasteiger partial charge in [-0.2, -0.15) is 8.78 Å². The van der Waals surface area contributed by atoms with Gasteiger partial charge < -0.3 is 0 Å². The monoisotopic (exact) mass is 242 g/mol. The molecule has 0 bridgehead atoms. The van der Waals surface area contributed by atoms with Crippen molar-refractivity contribution < 1.29 is 18.0 Å². The second-order valence-corrected chi connectivity index (χ2v) is 3.31. The Kier molecular flexibility index (Phi) is 3.07. The number of alkyl halides is 3. The van der Waals surface area contributed by atoms with Crippen molar-refractivity contribution in [1.82, 2.24) is 0 Å². The van der Waals surface area contributed by atoms with Crippen LogP contribution in [0.3, 0.4) is 0 Å². The summed E-state index contributed by atoms with van der Waals surface area (Å²) in [5, 5.41) is -4.54. The smallest absolute Gasteiger partial charge is 0.286 e. The number of hydrogen-bond acceptors (Lipinski definition) is 1. The standard InChI is InChI=1S/C8H3Cl2F3O/c9-4-2-1-3-5(11)6(4)7(14)8(10,12)13/h1-3H. The minimum atomic E-state index is -4.15. The molecule has 6 heteroatoms. The van der Waals surface area contributed by atoms with Gasteiger partial charge in [0, 0.05) is 0 Å². The Bertz CT molecular complexity index is 353. The van der Waals surface area contributed by atoms with Crippen molar-refractivity contribution in [3.63, 3.8) is 0 Å². The van der Waals surface area contributed by atoms with Gasteiger partial charge in [-0.15, -0.1) is 0 Å². The third-order valence-corrected chi connectivity index (χ3v) is 1.93. The largest absolute Gasteiger partial charge is 0.385 e. The van der Waals surface area contributed by atoms with Crippen LogP contribution in [0.25, 0.3) is 0 Å². The van der Waals surface area contributed by atoms with Crippen LogP contribution >= 0.6 is 23.2 Å². The number of rotatable bonds is 2. The molecule has 0 N–H and O–H groups in total. The molecule has 0 unspecified atom stereocenters. The Morgan fingerprint density at radius 2 is 1.93 bits per heavy atom. The van der Waals surface area contributed by atoms with Gasteiger partial charge in [-0.05, 0) is 23.7 Å². The molecule has 0 aliphatic heterocycles. The molecule has 0 amide bonds. The van der Waals surface area contributed by atoms with Gasteiger partial charge in [0.15, 0.2) is 0 Å². The maximum Gasteiger partial charge on any atom is 0.385 e. The molecule has 0 aliphatic carbocycles. The third-order valence-electron chi connectivity index (χ3n) is 1.45. The van der Waals surface area contributed by atoms with Crippen molar-refractivity contribution >= 4 is 29.0 Å². The second kappa shape index (κ2) is 3.79. The van der Waals surface area contributed by atoms with Gasteiger partial charge in [-0.25, -0.2) is 4.39 Å². The summed E-state index contributed by atoms with van der Waals surface area (Å²) in [7, 11) is 0. The molecule has 1 nitrogen and oxygen atoms in total. The summed E-state index contributed by atoms with van der Waals surface area (Å²) in [4.78, 5) is 10.9. The average Bonchev–Trinajstić information content (AvgIpc) is 2.01. The van der Waals surface area contributed by atoms with E-state index in [1.165, 1.54) is 6.07 Å². The average molecular weight is 243 g/mol. The van der Waals surface area contributed by atoms with Crippen LogP contribution in [0.5, 0.6) is 0 Å². The number of benzene rings is 1. The van der Waals surface area contributed by atoms with Crippen LogP contribution in [-0.2, 0) is 0 Å². The number of carbonyl (C=O) groups excluding carboxylic acids is 1. The molecular weight excluding hydrogens is 240 g/mol. The third kappa shape index (κ3) is 2.19. The fourth-order valence-corrected chi connectivity index (χ4v) is 1.20. The summed E-state index contributed by atoms with van der Waals surface area (Å²) in [6.45, 7) is 0. The molecule has 0 aromatic heterocycles. The van der Waals surface area contributed by atoms with Gasteiger partial charge in [0.2, 0.25) is 0 Å². The van der Waals surface area contributed by atoms with Crippen molar-refractivity contribution in [3.8, 4) is 0 Å². The fraction of sp³-hybridized carbons (Fsp3) is 0.125. The van der Waals surface area contributed by atoms with Crippen molar-refractivity contribution in [2.24, 2.45) is 0 Å². The van der Waals surface area contributed by atoms with Crippen molar-refractivity contribution in [2.45, 2.75) is 5.38 Å². The van der Waals surface area contributed by atoms with Crippen LogP contribution in [0, 0.1) is 5.82 Å². The SMILES string of the molecule is O=C(c1c(F)cccc1Cl)C(F)(F)Cl. The van der Waals surface area contributed by atoms with E-state index in [1.54, 1.807) is 0 Å². The maximum absolute atomic E-state index is 12.9. The Labute approximate surface area is 87.4 Å². The van der Waals surface area contributed by atoms with Gasteiger partial charge in [0.25, 0.3) is 5.78 Å².